The van der Waals surface area contributed by atoms with Gasteiger partial charge in [0.05, 0.1) is 27.6 Å². The van der Waals surface area contributed by atoms with Crippen LogP contribution in [-0.4, -0.2) is 55.8 Å². The Hall–Kier alpha value is -3.34. The third-order valence-electron chi connectivity index (χ3n) is 3.73. The number of aromatic nitrogens is 4. The van der Waals surface area contributed by atoms with Gasteiger partial charge in [-0.25, -0.2) is 13.4 Å². The monoisotopic (exact) mass is 405 g/mol. The predicted molar refractivity (Wildman–Crippen MR) is 103 cm³/mol. The normalized spacial score (nSPS) is 11.1. The highest BCUT2D eigenvalue weighted by Gasteiger charge is 2.24. The first kappa shape index (κ1) is 19.4. The Balaban J connectivity index is 2.33. The van der Waals surface area contributed by atoms with Crippen LogP contribution in [0.4, 0.5) is 5.95 Å². The van der Waals surface area contributed by atoms with Gasteiger partial charge in [0.2, 0.25) is 21.9 Å². The van der Waals surface area contributed by atoms with Crippen molar-refractivity contribution in [2.45, 2.75) is 0 Å². The number of methoxy groups -OCH3 is 3. The van der Waals surface area contributed by atoms with Crippen molar-refractivity contribution in [1.29, 1.82) is 0 Å². The SMILES string of the molecule is COc1cccc(-c2nnc(NS(C)(=O)=O)n2-c2c(OC)cccc2OC)n1. The van der Waals surface area contributed by atoms with Gasteiger partial charge in [-0.05, 0) is 18.2 Å². The number of nitrogens with zero attached hydrogens (tertiary/aromatic N) is 4. The largest absolute Gasteiger partial charge is 0.494 e. The molecule has 2 heterocycles. The average Bonchev–Trinajstić information content (AvgIpc) is 3.08. The zero-order chi connectivity index (χ0) is 20.3. The zero-order valence-electron chi connectivity index (χ0n) is 15.7. The predicted octanol–water partition coefficient (Wildman–Crippen LogP) is 1.73. The van der Waals surface area contributed by atoms with Crippen molar-refractivity contribution in [3.05, 3.63) is 36.4 Å². The van der Waals surface area contributed by atoms with Gasteiger partial charge in [-0.1, -0.05) is 12.1 Å². The zero-order valence-corrected chi connectivity index (χ0v) is 16.5. The number of hydrogen-bond donors (Lipinski definition) is 1. The Morgan fingerprint density at radius 2 is 1.57 bits per heavy atom. The van der Waals surface area contributed by atoms with E-state index in [1.54, 1.807) is 36.4 Å². The highest BCUT2D eigenvalue weighted by Crippen LogP contribution is 2.37. The van der Waals surface area contributed by atoms with Gasteiger partial charge in [0, 0.05) is 6.07 Å². The van der Waals surface area contributed by atoms with E-state index in [0.29, 0.717) is 28.8 Å². The van der Waals surface area contributed by atoms with Crippen molar-refractivity contribution in [1.82, 2.24) is 19.7 Å². The molecule has 0 spiro atoms. The fourth-order valence-electron chi connectivity index (χ4n) is 2.60. The van der Waals surface area contributed by atoms with Crippen molar-refractivity contribution in [3.63, 3.8) is 0 Å². The molecule has 0 bridgehead atoms. The topological polar surface area (TPSA) is 117 Å². The summed E-state index contributed by atoms with van der Waals surface area (Å²) in [7, 11) is 0.860. The van der Waals surface area contributed by atoms with Crippen LogP contribution in [0, 0.1) is 0 Å². The number of hydrogen-bond acceptors (Lipinski definition) is 8. The van der Waals surface area contributed by atoms with Crippen LogP contribution in [0.5, 0.6) is 17.4 Å². The second-order valence-corrected chi connectivity index (χ2v) is 7.38. The quantitative estimate of drug-likeness (QED) is 0.631. The minimum absolute atomic E-state index is 0.0371. The summed E-state index contributed by atoms with van der Waals surface area (Å²) < 4.78 is 43.6. The molecule has 2 aromatic heterocycles. The van der Waals surface area contributed by atoms with E-state index in [9.17, 15) is 8.42 Å². The van der Waals surface area contributed by atoms with E-state index in [4.69, 9.17) is 14.2 Å². The standard InChI is InChI=1S/C17H19N5O5S/c1-25-12-8-6-9-13(26-2)15(12)22-16(11-7-5-10-14(18-11)27-3)19-20-17(22)21-28(4,23)24/h5-10H,1-4H3,(H,20,21). The van der Waals surface area contributed by atoms with E-state index >= 15 is 0 Å². The average molecular weight is 405 g/mol. The second-order valence-electron chi connectivity index (χ2n) is 5.63. The number of nitrogens with one attached hydrogen (secondary N) is 1. The van der Waals surface area contributed by atoms with Crippen LogP contribution in [0.1, 0.15) is 0 Å². The van der Waals surface area contributed by atoms with Crippen molar-refractivity contribution in [2.24, 2.45) is 0 Å². The molecular weight excluding hydrogens is 386 g/mol. The summed E-state index contributed by atoms with van der Waals surface area (Å²) in [5, 5.41) is 8.12. The first-order valence-corrected chi connectivity index (χ1v) is 9.93. The summed E-state index contributed by atoms with van der Waals surface area (Å²) in [6, 6.07) is 10.3. The molecule has 0 aliphatic rings. The van der Waals surface area contributed by atoms with Gasteiger partial charge < -0.3 is 14.2 Å². The lowest BCUT2D eigenvalue weighted by atomic mass is 10.2. The molecule has 1 N–H and O–H groups in total. The molecule has 10 nitrogen and oxygen atoms in total. The smallest absolute Gasteiger partial charge is 0.243 e. The summed E-state index contributed by atoms with van der Waals surface area (Å²) in [5.41, 5.74) is 0.838. The van der Waals surface area contributed by atoms with Gasteiger partial charge in [-0.3, -0.25) is 9.29 Å². The lowest BCUT2D eigenvalue weighted by molar-refractivity contribution is 0.391. The molecule has 0 aliphatic heterocycles. The fraction of sp³-hybridized carbons (Fsp3) is 0.235. The van der Waals surface area contributed by atoms with E-state index in [2.05, 4.69) is 19.9 Å². The molecule has 0 amide bonds. The van der Waals surface area contributed by atoms with Gasteiger partial charge in [-0.15, -0.1) is 10.2 Å². The summed E-state index contributed by atoms with van der Waals surface area (Å²) >= 11 is 0. The van der Waals surface area contributed by atoms with E-state index in [1.807, 2.05) is 0 Å². The molecule has 0 radical (unpaired) electrons. The fourth-order valence-corrected chi connectivity index (χ4v) is 3.06. The van der Waals surface area contributed by atoms with Gasteiger partial charge >= 0.3 is 0 Å². The second kappa shape index (κ2) is 7.72. The Labute approximate surface area is 162 Å². The maximum atomic E-state index is 11.8. The summed E-state index contributed by atoms with van der Waals surface area (Å²) in [6.07, 6.45) is 1.02. The summed E-state index contributed by atoms with van der Waals surface area (Å²) in [4.78, 5) is 4.36. The number of rotatable bonds is 7. The molecule has 1 aromatic carbocycles. The highest BCUT2D eigenvalue weighted by atomic mass is 32.2. The molecule has 11 heteroatoms. The van der Waals surface area contributed by atoms with Crippen molar-refractivity contribution >= 4 is 16.0 Å². The lowest BCUT2D eigenvalue weighted by Gasteiger charge is -2.17. The number of benzene rings is 1. The molecule has 3 aromatic rings. The highest BCUT2D eigenvalue weighted by molar-refractivity contribution is 7.92. The first-order valence-electron chi connectivity index (χ1n) is 8.04. The molecule has 148 valence electrons. The number of anilines is 1. The Kier molecular flexibility index (Phi) is 5.36. The van der Waals surface area contributed by atoms with Crippen LogP contribution in [-0.2, 0) is 10.0 Å². The first-order chi connectivity index (χ1) is 13.4. The maximum Gasteiger partial charge on any atom is 0.243 e. The van der Waals surface area contributed by atoms with Gasteiger partial charge in [0.25, 0.3) is 0 Å². The van der Waals surface area contributed by atoms with Crippen LogP contribution < -0.4 is 18.9 Å². The number of para-hydroxylation sites is 1. The third kappa shape index (κ3) is 3.83. The third-order valence-corrected chi connectivity index (χ3v) is 4.28. The van der Waals surface area contributed by atoms with Crippen LogP contribution in [0.3, 0.4) is 0 Å². The van der Waals surface area contributed by atoms with Crippen molar-refractivity contribution in [2.75, 3.05) is 32.3 Å². The molecule has 28 heavy (non-hydrogen) atoms. The van der Waals surface area contributed by atoms with E-state index in [-0.39, 0.29) is 11.8 Å². The Morgan fingerprint density at radius 1 is 0.929 bits per heavy atom. The van der Waals surface area contributed by atoms with Gasteiger partial charge in [0.15, 0.2) is 5.82 Å². The molecule has 0 fully saturated rings. The summed E-state index contributed by atoms with van der Waals surface area (Å²) in [5.74, 6) is 1.47. The molecule has 3 rings (SSSR count). The lowest BCUT2D eigenvalue weighted by Crippen LogP contribution is -2.15. The number of sulfonamides is 1. The van der Waals surface area contributed by atoms with Crippen LogP contribution >= 0.6 is 0 Å². The summed E-state index contributed by atoms with van der Waals surface area (Å²) in [6.45, 7) is 0. The van der Waals surface area contributed by atoms with E-state index in [1.165, 1.54) is 25.9 Å². The number of pyridine rings is 1. The van der Waals surface area contributed by atoms with E-state index < -0.39 is 10.0 Å². The molecule has 0 atom stereocenters. The van der Waals surface area contributed by atoms with Gasteiger partial charge in [0.1, 0.15) is 22.9 Å². The van der Waals surface area contributed by atoms with E-state index in [0.717, 1.165) is 6.26 Å². The Bertz CT molecular complexity index is 1070. The molecule has 0 saturated heterocycles. The van der Waals surface area contributed by atoms with Crippen LogP contribution in [0.25, 0.3) is 17.2 Å². The minimum Gasteiger partial charge on any atom is -0.494 e. The molecular formula is C17H19N5O5S. The van der Waals surface area contributed by atoms with Crippen molar-refractivity contribution in [3.8, 4) is 34.6 Å². The Morgan fingerprint density at radius 3 is 2.14 bits per heavy atom. The van der Waals surface area contributed by atoms with Crippen LogP contribution in [0.2, 0.25) is 0 Å². The minimum atomic E-state index is -3.63. The van der Waals surface area contributed by atoms with Crippen LogP contribution in [0.15, 0.2) is 36.4 Å². The molecule has 0 aliphatic carbocycles. The molecule has 0 saturated carbocycles. The maximum absolute atomic E-state index is 11.8. The van der Waals surface area contributed by atoms with Crippen molar-refractivity contribution < 1.29 is 22.6 Å². The van der Waals surface area contributed by atoms with Gasteiger partial charge in [-0.2, -0.15) is 0 Å². The number of ether oxygens (including phenoxy) is 3. The molecule has 0 unspecified atom stereocenters.